The zero-order valence-electron chi connectivity index (χ0n) is 10.2. The van der Waals surface area contributed by atoms with Gasteiger partial charge in [0, 0.05) is 10.5 Å². The number of carbonyl (C=O) groups is 1. The summed E-state index contributed by atoms with van der Waals surface area (Å²) in [7, 11) is 0. The lowest BCUT2D eigenvalue weighted by Crippen LogP contribution is -2.33. The molecule has 4 heteroatoms. The fraction of sp³-hybridized carbons (Fsp3) is 0.462. The molecule has 1 aromatic rings. The topological polar surface area (TPSA) is 40.5 Å². The van der Waals surface area contributed by atoms with Gasteiger partial charge < -0.3 is 5.11 Å². The largest absolute Gasteiger partial charge is 0.480 e. The van der Waals surface area contributed by atoms with Crippen LogP contribution in [0.15, 0.2) is 28.7 Å². The minimum absolute atomic E-state index is 0.0884. The van der Waals surface area contributed by atoms with Crippen LogP contribution in [0.5, 0.6) is 0 Å². The summed E-state index contributed by atoms with van der Waals surface area (Å²) < 4.78 is 1.04. The summed E-state index contributed by atoms with van der Waals surface area (Å²) in [5.41, 5.74) is 1.17. The van der Waals surface area contributed by atoms with E-state index < -0.39 is 5.97 Å². The molecule has 0 bridgehead atoms. The van der Waals surface area contributed by atoms with Gasteiger partial charge in [-0.2, -0.15) is 0 Å². The van der Waals surface area contributed by atoms with E-state index >= 15 is 0 Å². The molecule has 0 saturated heterocycles. The molecule has 0 spiro atoms. The molecule has 17 heavy (non-hydrogen) atoms. The first-order valence-corrected chi connectivity index (χ1v) is 6.59. The Bertz CT molecular complexity index is 364. The molecule has 0 aromatic heterocycles. The minimum atomic E-state index is -0.776. The Morgan fingerprint density at radius 1 is 1.35 bits per heavy atom. The molecule has 0 aliphatic heterocycles. The number of hydrogen-bond donors (Lipinski definition) is 1. The summed E-state index contributed by atoms with van der Waals surface area (Å²) >= 11 is 3.40. The van der Waals surface area contributed by atoms with Crippen molar-refractivity contribution >= 4 is 21.9 Å². The van der Waals surface area contributed by atoms with Gasteiger partial charge in [-0.1, -0.05) is 41.9 Å². The van der Waals surface area contributed by atoms with Crippen molar-refractivity contribution in [2.45, 2.75) is 26.3 Å². The van der Waals surface area contributed by atoms with Crippen molar-refractivity contribution in [1.82, 2.24) is 4.90 Å². The van der Waals surface area contributed by atoms with Gasteiger partial charge in [0.15, 0.2) is 0 Å². The van der Waals surface area contributed by atoms with E-state index in [9.17, 15) is 4.79 Å². The highest BCUT2D eigenvalue weighted by atomic mass is 79.9. The van der Waals surface area contributed by atoms with Crippen LogP contribution in [-0.2, 0) is 4.79 Å². The van der Waals surface area contributed by atoms with E-state index in [4.69, 9.17) is 5.11 Å². The molecule has 0 fully saturated rings. The van der Waals surface area contributed by atoms with Crippen LogP contribution in [0, 0.1) is 0 Å². The maximum absolute atomic E-state index is 10.8. The van der Waals surface area contributed by atoms with Crippen molar-refractivity contribution in [3.05, 3.63) is 34.3 Å². The van der Waals surface area contributed by atoms with Gasteiger partial charge in [0.1, 0.15) is 0 Å². The fourth-order valence-electron chi connectivity index (χ4n) is 2.01. The van der Waals surface area contributed by atoms with Gasteiger partial charge in [-0.05, 0) is 30.7 Å². The number of carboxylic acids is 1. The maximum Gasteiger partial charge on any atom is 0.317 e. The van der Waals surface area contributed by atoms with E-state index in [1.807, 2.05) is 36.1 Å². The summed E-state index contributed by atoms with van der Waals surface area (Å²) in [6.45, 7) is 4.90. The van der Waals surface area contributed by atoms with Gasteiger partial charge in [-0.15, -0.1) is 0 Å². The van der Waals surface area contributed by atoms with Crippen molar-refractivity contribution in [2.24, 2.45) is 0 Å². The monoisotopic (exact) mass is 299 g/mol. The number of benzene rings is 1. The van der Waals surface area contributed by atoms with Crippen LogP contribution in [0.3, 0.4) is 0 Å². The van der Waals surface area contributed by atoms with Gasteiger partial charge in [0.2, 0.25) is 0 Å². The quantitative estimate of drug-likeness (QED) is 0.876. The number of carboxylic acid groups (broad SMARTS) is 1. The molecule has 0 amide bonds. The highest BCUT2D eigenvalue weighted by Gasteiger charge is 2.19. The molecule has 1 rings (SSSR count). The smallest absolute Gasteiger partial charge is 0.317 e. The summed E-state index contributed by atoms with van der Waals surface area (Å²) in [6.07, 6.45) is 0.906. The average molecular weight is 300 g/mol. The molecule has 94 valence electrons. The SMILES string of the molecule is CCC(c1ccc(Br)cc1)N(CC)CC(=O)O. The third-order valence-electron chi connectivity index (χ3n) is 2.83. The van der Waals surface area contributed by atoms with E-state index in [0.717, 1.165) is 17.4 Å². The lowest BCUT2D eigenvalue weighted by Gasteiger charge is -2.28. The lowest BCUT2D eigenvalue weighted by atomic mass is 10.0. The van der Waals surface area contributed by atoms with Crippen LogP contribution in [-0.4, -0.2) is 29.1 Å². The van der Waals surface area contributed by atoms with Crippen molar-refractivity contribution in [3.8, 4) is 0 Å². The second kappa shape index (κ2) is 6.77. The molecular formula is C13H18BrNO2. The number of rotatable bonds is 6. The molecule has 0 saturated carbocycles. The first-order valence-electron chi connectivity index (χ1n) is 5.79. The van der Waals surface area contributed by atoms with Crippen LogP contribution in [0.1, 0.15) is 31.9 Å². The van der Waals surface area contributed by atoms with E-state index in [2.05, 4.69) is 22.9 Å². The molecule has 1 aromatic carbocycles. The molecular weight excluding hydrogens is 282 g/mol. The van der Waals surface area contributed by atoms with Gasteiger partial charge in [0.25, 0.3) is 0 Å². The Kier molecular flexibility index (Phi) is 5.65. The third-order valence-corrected chi connectivity index (χ3v) is 3.36. The van der Waals surface area contributed by atoms with Crippen molar-refractivity contribution in [1.29, 1.82) is 0 Å². The Morgan fingerprint density at radius 3 is 2.35 bits per heavy atom. The first kappa shape index (κ1) is 14.2. The Morgan fingerprint density at radius 2 is 1.94 bits per heavy atom. The highest BCUT2D eigenvalue weighted by Crippen LogP contribution is 2.25. The van der Waals surface area contributed by atoms with E-state index in [-0.39, 0.29) is 12.6 Å². The zero-order chi connectivity index (χ0) is 12.8. The lowest BCUT2D eigenvalue weighted by molar-refractivity contribution is -0.138. The highest BCUT2D eigenvalue weighted by molar-refractivity contribution is 9.10. The van der Waals surface area contributed by atoms with Gasteiger partial charge >= 0.3 is 5.97 Å². The average Bonchev–Trinajstić information content (AvgIpc) is 2.30. The van der Waals surface area contributed by atoms with Crippen molar-refractivity contribution in [3.63, 3.8) is 0 Å². The predicted octanol–water partition coefficient (Wildman–Crippen LogP) is 3.31. The van der Waals surface area contributed by atoms with E-state index in [1.165, 1.54) is 5.56 Å². The van der Waals surface area contributed by atoms with Crippen molar-refractivity contribution < 1.29 is 9.90 Å². The molecule has 3 nitrogen and oxygen atoms in total. The number of likely N-dealkylation sites (N-methyl/N-ethyl adjacent to an activating group) is 1. The van der Waals surface area contributed by atoms with Gasteiger partial charge in [0.05, 0.1) is 6.54 Å². The van der Waals surface area contributed by atoms with Crippen LogP contribution in [0.2, 0.25) is 0 Å². The van der Waals surface area contributed by atoms with Gasteiger partial charge in [-0.25, -0.2) is 0 Å². The molecule has 1 N–H and O–H groups in total. The van der Waals surface area contributed by atoms with Crippen LogP contribution in [0.4, 0.5) is 0 Å². The molecule has 0 heterocycles. The summed E-state index contributed by atoms with van der Waals surface area (Å²) in [4.78, 5) is 12.8. The summed E-state index contributed by atoms with van der Waals surface area (Å²) in [5, 5.41) is 8.90. The minimum Gasteiger partial charge on any atom is -0.480 e. The standard InChI is InChI=1S/C13H18BrNO2/c1-3-12(15(4-2)9-13(16)17)10-5-7-11(14)8-6-10/h5-8,12H,3-4,9H2,1-2H3,(H,16,17). The second-order valence-electron chi connectivity index (χ2n) is 3.93. The van der Waals surface area contributed by atoms with Crippen LogP contribution >= 0.6 is 15.9 Å². The predicted molar refractivity (Wildman–Crippen MR) is 72.1 cm³/mol. The fourth-order valence-corrected chi connectivity index (χ4v) is 2.27. The summed E-state index contributed by atoms with van der Waals surface area (Å²) in [5.74, 6) is -0.776. The van der Waals surface area contributed by atoms with E-state index in [0.29, 0.717) is 0 Å². The normalized spacial score (nSPS) is 12.7. The third kappa shape index (κ3) is 4.13. The first-order chi connectivity index (χ1) is 8.08. The molecule has 0 aliphatic carbocycles. The van der Waals surface area contributed by atoms with Crippen molar-refractivity contribution in [2.75, 3.05) is 13.1 Å². The van der Waals surface area contributed by atoms with Gasteiger partial charge in [-0.3, -0.25) is 9.69 Å². The van der Waals surface area contributed by atoms with Crippen LogP contribution < -0.4 is 0 Å². The molecule has 0 radical (unpaired) electrons. The zero-order valence-corrected chi connectivity index (χ0v) is 11.8. The summed E-state index contributed by atoms with van der Waals surface area (Å²) in [6, 6.07) is 8.24. The Labute approximate surface area is 111 Å². The Balaban J connectivity index is 2.88. The number of aliphatic carboxylic acids is 1. The molecule has 1 unspecified atom stereocenters. The number of hydrogen-bond acceptors (Lipinski definition) is 2. The molecule has 1 atom stereocenters. The van der Waals surface area contributed by atoms with E-state index in [1.54, 1.807) is 0 Å². The number of halogens is 1. The second-order valence-corrected chi connectivity index (χ2v) is 4.85. The maximum atomic E-state index is 10.8. The molecule has 0 aliphatic rings. The number of nitrogens with zero attached hydrogens (tertiary/aromatic N) is 1. The van der Waals surface area contributed by atoms with Crippen LogP contribution in [0.25, 0.3) is 0 Å². The Hall–Kier alpha value is -0.870.